The number of carbonyl (C=O) groups is 2. The fourth-order valence-electron chi connectivity index (χ4n) is 1.71. The molecule has 2 N–H and O–H groups in total. The van der Waals surface area contributed by atoms with Gasteiger partial charge in [0.15, 0.2) is 5.79 Å². The van der Waals surface area contributed by atoms with Crippen molar-refractivity contribution in [1.82, 2.24) is 5.32 Å². The van der Waals surface area contributed by atoms with Crippen molar-refractivity contribution >= 4 is 11.9 Å². The summed E-state index contributed by atoms with van der Waals surface area (Å²) in [7, 11) is 0. The number of hydrogen-bond donors (Lipinski definition) is 2. The summed E-state index contributed by atoms with van der Waals surface area (Å²) in [5.74, 6) is -2.04. The lowest BCUT2D eigenvalue weighted by Gasteiger charge is -2.44. The minimum Gasteiger partial charge on any atom is -0.481 e. The summed E-state index contributed by atoms with van der Waals surface area (Å²) in [4.78, 5) is 22.4. The lowest BCUT2D eigenvalue weighted by atomic mass is 9.85. The zero-order valence-electron chi connectivity index (χ0n) is 11.3. The van der Waals surface area contributed by atoms with Gasteiger partial charge in [-0.05, 0) is 13.8 Å². The zero-order chi connectivity index (χ0) is 14.0. The monoisotopic (exact) mass is 259 g/mol. The number of rotatable bonds is 4. The molecule has 1 unspecified atom stereocenters. The Morgan fingerprint density at radius 2 is 1.94 bits per heavy atom. The van der Waals surface area contributed by atoms with Crippen molar-refractivity contribution in [3.8, 4) is 0 Å². The summed E-state index contributed by atoms with van der Waals surface area (Å²) >= 11 is 0. The molecule has 1 saturated heterocycles. The third-order valence-corrected chi connectivity index (χ3v) is 2.78. The Labute approximate surface area is 107 Å². The van der Waals surface area contributed by atoms with E-state index in [2.05, 4.69) is 5.32 Å². The Kier molecular flexibility index (Phi) is 4.34. The largest absolute Gasteiger partial charge is 0.481 e. The quantitative estimate of drug-likeness (QED) is 0.778. The Morgan fingerprint density at radius 1 is 1.33 bits per heavy atom. The van der Waals surface area contributed by atoms with Gasteiger partial charge in [0.05, 0.1) is 13.0 Å². The molecule has 0 aromatic carbocycles. The molecule has 18 heavy (non-hydrogen) atoms. The molecule has 0 aromatic heterocycles. The lowest BCUT2D eigenvalue weighted by Crippen LogP contribution is -2.56. The average molecular weight is 259 g/mol. The van der Waals surface area contributed by atoms with Gasteiger partial charge in [0, 0.05) is 12.0 Å². The van der Waals surface area contributed by atoms with Crippen LogP contribution in [0.15, 0.2) is 0 Å². The number of aliphatic carboxylic acids is 1. The number of ether oxygens (including phenoxy) is 2. The minimum absolute atomic E-state index is 0.0984. The fourth-order valence-corrected chi connectivity index (χ4v) is 1.71. The molecule has 1 fully saturated rings. The maximum absolute atomic E-state index is 12.0. The molecule has 1 aliphatic heterocycles. The van der Waals surface area contributed by atoms with Crippen LogP contribution in [-0.4, -0.2) is 42.0 Å². The van der Waals surface area contributed by atoms with E-state index in [4.69, 9.17) is 14.6 Å². The maximum Gasteiger partial charge on any atom is 0.305 e. The topological polar surface area (TPSA) is 84.9 Å². The second-order valence-corrected chi connectivity index (χ2v) is 5.61. The third-order valence-electron chi connectivity index (χ3n) is 2.78. The van der Waals surface area contributed by atoms with E-state index >= 15 is 0 Å². The minimum atomic E-state index is -0.942. The van der Waals surface area contributed by atoms with Crippen molar-refractivity contribution in [3.63, 3.8) is 0 Å². The number of hydrogen-bond acceptors (Lipinski definition) is 4. The normalized spacial score (nSPS) is 25.4. The number of carboxylic acids is 1. The van der Waals surface area contributed by atoms with Crippen LogP contribution >= 0.6 is 0 Å². The lowest BCUT2D eigenvalue weighted by molar-refractivity contribution is -0.304. The SMILES string of the molecule is CC1(C)OCC(C)(C)C(C(=O)NCCC(=O)O)O1. The molecular formula is C12H21NO5. The first-order valence-corrected chi connectivity index (χ1v) is 5.95. The fraction of sp³-hybridized carbons (Fsp3) is 0.833. The predicted molar refractivity (Wildman–Crippen MR) is 63.9 cm³/mol. The van der Waals surface area contributed by atoms with E-state index in [1.807, 2.05) is 13.8 Å². The van der Waals surface area contributed by atoms with Crippen molar-refractivity contribution in [2.24, 2.45) is 5.41 Å². The highest BCUT2D eigenvalue weighted by molar-refractivity contribution is 5.82. The Hall–Kier alpha value is -1.14. The van der Waals surface area contributed by atoms with Crippen LogP contribution in [0.2, 0.25) is 0 Å². The van der Waals surface area contributed by atoms with Gasteiger partial charge < -0.3 is 19.9 Å². The van der Waals surface area contributed by atoms with E-state index in [9.17, 15) is 9.59 Å². The van der Waals surface area contributed by atoms with Gasteiger partial charge in [-0.15, -0.1) is 0 Å². The smallest absolute Gasteiger partial charge is 0.305 e. The van der Waals surface area contributed by atoms with Crippen molar-refractivity contribution < 1.29 is 24.2 Å². The van der Waals surface area contributed by atoms with E-state index in [0.717, 1.165) is 0 Å². The second-order valence-electron chi connectivity index (χ2n) is 5.61. The Morgan fingerprint density at radius 3 is 2.50 bits per heavy atom. The molecule has 0 aliphatic carbocycles. The van der Waals surface area contributed by atoms with Gasteiger partial charge in [0.2, 0.25) is 5.91 Å². The first-order valence-electron chi connectivity index (χ1n) is 5.95. The molecule has 0 saturated carbocycles. The summed E-state index contributed by atoms with van der Waals surface area (Å²) < 4.78 is 11.1. The molecular weight excluding hydrogens is 238 g/mol. The molecule has 0 bridgehead atoms. The molecule has 6 heteroatoms. The van der Waals surface area contributed by atoms with E-state index in [-0.39, 0.29) is 18.9 Å². The van der Waals surface area contributed by atoms with E-state index in [0.29, 0.717) is 6.61 Å². The highest BCUT2D eigenvalue weighted by Crippen LogP contribution is 2.34. The van der Waals surface area contributed by atoms with Gasteiger partial charge in [-0.25, -0.2) is 0 Å². The second kappa shape index (κ2) is 5.24. The van der Waals surface area contributed by atoms with Crippen molar-refractivity contribution in [2.75, 3.05) is 13.2 Å². The predicted octanol–water partition coefficient (Wildman–Crippen LogP) is 0.755. The summed E-state index contributed by atoms with van der Waals surface area (Å²) in [6.45, 7) is 7.77. The van der Waals surface area contributed by atoms with Gasteiger partial charge in [-0.3, -0.25) is 9.59 Å². The molecule has 1 atom stereocenters. The highest BCUT2D eigenvalue weighted by Gasteiger charge is 2.45. The van der Waals surface area contributed by atoms with Crippen LogP contribution in [0.3, 0.4) is 0 Å². The van der Waals surface area contributed by atoms with Crippen molar-refractivity contribution in [1.29, 1.82) is 0 Å². The molecule has 1 heterocycles. The summed E-state index contributed by atoms with van der Waals surface area (Å²) in [6, 6.07) is 0. The number of amides is 1. The first-order chi connectivity index (χ1) is 8.14. The molecule has 104 valence electrons. The van der Waals surface area contributed by atoms with Crippen LogP contribution in [-0.2, 0) is 19.1 Å². The Bertz CT molecular complexity index is 337. The number of carboxylic acid groups (broad SMARTS) is 1. The summed E-state index contributed by atoms with van der Waals surface area (Å²) in [6.07, 6.45) is -0.742. The van der Waals surface area contributed by atoms with Crippen LogP contribution in [0.1, 0.15) is 34.1 Å². The average Bonchev–Trinajstić information content (AvgIpc) is 2.21. The van der Waals surface area contributed by atoms with Crippen LogP contribution < -0.4 is 5.32 Å². The van der Waals surface area contributed by atoms with Gasteiger partial charge in [0.25, 0.3) is 0 Å². The molecule has 1 amide bonds. The van der Waals surface area contributed by atoms with Crippen LogP contribution in [0, 0.1) is 5.41 Å². The van der Waals surface area contributed by atoms with Crippen LogP contribution in [0.5, 0.6) is 0 Å². The molecule has 1 rings (SSSR count). The molecule has 1 aliphatic rings. The van der Waals surface area contributed by atoms with E-state index in [1.165, 1.54) is 0 Å². The summed E-state index contributed by atoms with van der Waals surface area (Å²) in [5, 5.41) is 11.1. The standard InChI is InChI=1S/C12H21NO5/c1-11(2)7-17-12(3,4)18-9(11)10(16)13-6-5-8(14)15/h9H,5-7H2,1-4H3,(H,13,16)(H,14,15). The number of nitrogens with one attached hydrogen (secondary N) is 1. The van der Waals surface area contributed by atoms with Crippen LogP contribution in [0.4, 0.5) is 0 Å². The van der Waals surface area contributed by atoms with Gasteiger partial charge >= 0.3 is 5.97 Å². The van der Waals surface area contributed by atoms with E-state index < -0.39 is 23.3 Å². The van der Waals surface area contributed by atoms with Crippen LogP contribution in [0.25, 0.3) is 0 Å². The molecule has 0 aromatic rings. The molecule has 6 nitrogen and oxygen atoms in total. The van der Waals surface area contributed by atoms with Crippen molar-refractivity contribution in [2.45, 2.75) is 46.0 Å². The number of carbonyl (C=O) groups excluding carboxylic acids is 1. The zero-order valence-corrected chi connectivity index (χ0v) is 11.3. The van der Waals surface area contributed by atoms with E-state index in [1.54, 1.807) is 13.8 Å². The third kappa shape index (κ3) is 3.96. The maximum atomic E-state index is 12.0. The highest BCUT2D eigenvalue weighted by atomic mass is 16.7. The van der Waals surface area contributed by atoms with Gasteiger partial charge in [-0.1, -0.05) is 13.8 Å². The summed E-state index contributed by atoms with van der Waals surface area (Å²) in [5.41, 5.74) is -0.442. The van der Waals surface area contributed by atoms with Gasteiger partial charge in [-0.2, -0.15) is 0 Å². The molecule has 0 radical (unpaired) electrons. The first kappa shape index (κ1) is 14.9. The molecule has 0 spiro atoms. The Balaban J connectivity index is 2.60. The van der Waals surface area contributed by atoms with Crippen molar-refractivity contribution in [3.05, 3.63) is 0 Å². The van der Waals surface area contributed by atoms with Gasteiger partial charge in [0.1, 0.15) is 6.10 Å².